The van der Waals surface area contributed by atoms with Crippen molar-refractivity contribution in [2.75, 3.05) is 0 Å². The number of hydrazine groups is 1. The lowest BCUT2D eigenvalue weighted by Crippen LogP contribution is -2.29. The fraction of sp³-hybridized carbons (Fsp3) is 0.125. The number of para-hydroxylation sites is 1. The van der Waals surface area contributed by atoms with Gasteiger partial charge in [0, 0.05) is 5.39 Å². The van der Waals surface area contributed by atoms with E-state index >= 15 is 0 Å². The van der Waals surface area contributed by atoms with Gasteiger partial charge in [-0.05, 0) is 36.2 Å². The minimum absolute atomic E-state index is 0.317. The maximum absolute atomic E-state index is 13.3. The first-order valence-electron chi connectivity index (χ1n) is 6.56. The molecule has 0 saturated carbocycles. The van der Waals surface area contributed by atoms with Crippen LogP contribution in [0.2, 0.25) is 0 Å². The van der Waals surface area contributed by atoms with Crippen molar-refractivity contribution in [2.24, 2.45) is 5.84 Å². The summed E-state index contributed by atoms with van der Waals surface area (Å²) >= 11 is 0. The Kier molecular flexibility index (Phi) is 3.68. The topological polar surface area (TPSA) is 51.2 Å². The van der Waals surface area contributed by atoms with Gasteiger partial charge in [0.1, 0.15) is 11.3 Å². The average molecular weight is 288 g/mol. The van der Waals surface area contributed by atoms with E-state index in [4.69, 9.17) is 10.3 Å². The molecule has 0 fully saturated rings. The molecule has 1 unspecified atom stereocenters. The molecule has 1 aromatic heterocycles. The average Bonchev–Trinajstić information content (AvgIpc) is 2.92. The van der Waals surface area contributed by atoms with Crippen molar-refractivity contribution in [1.82, 2.24) is 5.43 Å². The van der Waals surface area contributed by atoms with Gasteiger partial charge in [-0.1, -0.05) is 24.3 Å². The largest absolute Gasteiger partial charge is 0.459 e. The molecule has 0 bridgehead atoms. The van der Waals surface area contributed by atoms with Gasteiger partial charge in [-0.25, -0.2) is 14.2 Å². The minimum atomic E-state index is -0.868. The van der Waals surface area contributed by atoms with E-state index in [1.165, 1.54) is 12.1 Å². The van der Waals surface area contributed by atoms with Gasteiger partial charge in [-0.3, -0.25) is 5.84 Å². The second-order valence-electron chi connectivity index (χ2n) is 4.86. The van der Waals surface area contributed by atoms with E-state index in [9.17, 15) is 8.78 Å². The van der Waals surface area contributed by atoms with Crippen LogP contribution in [0.4, 0.5) is 8.78 Å². The Morgan fingerprint density at radius 2 is 1.86 bits per heavy atom. The zero-order valence-electron chi connectivity index (χ0n) is 11.1. The summed E-state index contributed by atoms with van der Waals surface area (Å²) in [5, 5.41) is 0.970. The molecule has 0 aliphatic heterocycles. The molecule has 0 radical (unpaired) electrons. The van der Waals surface area contributed by atoms with Crippen molar-refractivity contribution in [3.05, 3.63) is 71.5 Å². The summed E-state index contributed by atoms with van der Waals surface area (Å²) in [5.74, 6) is 4.49. The Morgan fingerprint density at radius 3 is 2.57 bits per heavy atom. The highest BCUT2D eigenvalue weighted by atomic mass is 19.2. The maximum Gasteiger partial charge on any atom is 0.159 e. The van der Waals surface area contributed by atoms with Crippen molar-refractivity contribution in [2.45, 2.75) is 12.5 Å². The normalized spacial score (nSPS) is 12.7. The van der Waals surface area contributed by atoms with Crippen molar-refractivity contribution < 1.29 is 13.2 Å². The van der Waals surface area contributed by atoms with Crippen LogP contribution >= 0.6 is 0 Å². The molecule has 108 valence electrons. The number of benzene rings is 2. The van der Waals surface area contributed by atoms with Crippen molar-refractivity contribution >= 4 is 11.0 Å². The number of halogens is 2. The van der Waals surface area contributed by atoms with Crippen LogP contribution in [0.5, 0.6) is 0 Å². The monoisotopic (exact) mass is 288 g/mol. The molecule has 0 aliphatic carbocycles. The van der Waals surface area contributed by atoms with Crippen molar-refractivity contribution in [3.63, 3.8) is 0 Å². The van der Waals surface area contributed by atoms with Crippen LogP contribution in [0.1, 0.15) is 17.4 Å². The molecule has 1 atom stereocenters. The highest BCUT2D eigenvalue weighted by Crippen LogP contribution is 2.26. The van der Waals surface area contributed by atoms with E-state index in [2.05, 4.69) is 5.43 Å². The predicted octanol–water partition coefficient (Wildman–Crippen LogP) is 3.46. The third kappa shape index (κ3) is 2.79. The lowest BCUT2D eigenvalue weighted by Gasteiger charge is -2.13. The van der Waals surface area contributed by atoms with E-state index in [-0.39, 0.29) is 6.04 Å². The summed E-state index contributed by atoms with van der Waals surface area (Å²) in [6, 6.07) is 13.0. The molecule has 3 rings (SSSR count). The molecule has 3 aromatic rings. The van der Waals surface area contributed by atoms with E-state index in [0.29, 0.717) is 17.7 Å². The van der Waals surface area contributed by atoms with Crippen LogP contribution in [0.25, 0.3) is 11.0 Å². The van der Waals surface area contributed by atoms with Gasteiger partial charge in [0.25, 0.3) is 0 Å². The quantitative estimate of drug-likeness (QED) is 0.571. The molecular weight excluding hydrogens is 274 g/mol. The second-order valence-corrected chi connectivity index (χ2v) is 4.86. The van der Waals surface area contributed by atoms with Crippen LogP contribution in [0, 0.1) is 11.6 Å². The molecule has 0 saturated heterocycles. The smallest absolute Gasteiger partial charge is 0.159 e. The summed E-state index contributed by atoms with van der Waals surface area (Å²) in [7, 11) is 0. The zero-order valence-corrected chi connectivity index (χ0v) is 11.1. The van der Waals surface area contributed by atoms with Crippen LogP contribution in [0.15, 0.2) is 52.9 Å². The number of hydrogen-bond donors (Lipinski definition) is 2. The Bertz CT molecular complexity index is 737. The number of furan rings is 1. The molecule has 1 heterocycles. The number of hydrogen-bond acceptors (Lipinski definition) is 3. The van der Waals surface area contributed by atoms with Gasteiger partial charge in [0.2, 0.25) is 0 Å². The second kappa shape index (κ2) is 5.63. The van der Waals surface area contributed by atoms with Gasteiger partial charge < -0.3 is 4.42 Å². The summed E-state index contributed by atoms with van der Waals surface area (Å²) < 4.78 is 31.9. The summed E-state index contributed by atoms with van der Waals surface area (Å²) in [5.41, 5.74) is 4.05. The van der Waals surface area contributed by atoms with Crippen molar-refractivity contribution in [1.29, 1.82) is 0 Å². The molecule has 2 aromatic carbocycles. The number of rotatable bonds is 4. The first-order valence-corrected chi connectivity index (χ1v) is 6.56. The maximum atomic E-state index is 13.3. The number of nitrogens with two attached hydrogens (primary N) is 1. The van der Waals surface area contributed by atoms with Gasteiger partial charge in [-0.15, -0.1) is 0 Å². The van der Waals surface area contributed by atoms with Crippen LogP contribution in [0.3, 0.4) is 0 Å². The fourth-order valence-corrected chi connectivity index (χ4v) is 2.32. The fourth-order valence-electron chi connectivity index (χ4n) is 2.32. The third-order valence-corrected chi connectivity index (χ3v) is 3.41. The Labute approximate surface area is 120 Å². The molecule has 0 aliphatic rings. The first-order chi connectivity index (χ1) is 10.2. The highest BCUT2D eigenvalue weighted by molar-refractivity contribution is 5.77. The van der Waals surface area contributed by atoms with Gasteiger partial charge in [0.05, 0.1) is 6.04 Å². The zero-order chi connectivity index (χ0) is 14.8. The highest BCUT2D eigenvalue weighted by Gasteiger charge is 2.16. The third-order valence-electron chi connectivity index (χ3n) is 3.41. The Morgan fingerprint density at radius 1 is 1.05 bits per heavy atom. The number of fused-ring (bicyclic) bond motifs is 1. The molecule has 21 heavy (non-hydrogen) atoms. The molecule has 0 amide bonds. The van der Waals surface area contributed by atoms with Crippen LogP contribution < -0.4 is 11.3 Å². The van der Waals surface area contributed by atoms with Crippen molar-refractivity contribution in [3.8, 4) is 0 Å². The SMILES string of the molecule is NNC(Cc1ccc(F)c(F)c1)c1cc2ccccc2o1. The van der Waals surface area contributed by atoms with Gasteiger partial charge in [-0.2, -0.15) is 0 Å². The summed E-state index contributed by atoms with van der Waals surface area (Å²) in [4.78, 5) is 0. The Balaban J connectivity index is 1.88. The predicted molar refractivity (Wildman–Crippen MR) is 76.3 cm³/mol. The van der Waals surface area contributed by atoms with E-state index in [0.717, 1.165) is 17.0 Å². The Hall–Kier alpha value is -2.24. The van der Waals surface area contributed by atoms with Gasteiger partial charge in [0.15, 0.2) is 11.6 Å². The first kappa shape index (κ1) is 13.7. The standard InChI is InChI=1S/C16H14F2N2O/c17-12-6-5-10(7-13(12)18)8-14(20-19)16-9-11-3-1-2-4-15(11)21-16/h1-7,9,14,20H,8,19H2. The van der Waals surface area contributed by atoms with E-state index in [1.54, 1.807) is 0 Å². The van der Waals surface area contributed by atoms with Gasteiger partial charge >= 0.3 is 0 Å². The molecular formula is C16H14F2N2O. The summed E-state index contributed by atoms with van der Waals surface area (Å²) in [6.45, 7) is 0. The molecule has 5 heteroatoms. The van der Waals surface area contributed by atoms with E-state index in [1.807, 2.05) is 30.3 Å². The van der Waals surface area contributed by atoms with Crippen LogP contribution in [-0.2, 0) is 6.42 Å². The molecule has 3 N–H and O–H groups in total. The molecule has 0 spiro atoms. The number of nitrogens with one attached hydrogen (secondary N) is 1. The summed E-state index contributed by atoms with van der Waals surface area (Å²) in [6.07, 6.45) is 0.396. The lowest BCUT2D eigenvalue weighted by atomic mass is 10.0. The van der Waals surface area contributed by atoms with Crippen LogP contribution in [-0.4, -0.2) is 0 Å². The minimum Gasteiger partial charge on any atom is -0.459 e. The van der Waals surface area contributed by atoms with E-state index < -0.39 is 11.6 Å². The molecule has 3 nitrogen and oxygen atoms in total. The lowest BCUT2D eigenvalue weighted by molar-refractivity contribution is 0.433.